The van der Waals surface area contributed by atoms with Crippen LogP contribution in [-0.2, 0) is 42.9 Å². The van der Waals surface area contributed by atoms with Gasteiger partial charge in [0.1, 0.15) is 29.6 Å². The molecule has 0 amide bonds. The molecule has 0 unspecified atom stereocenters. The summed E-state index contributed by atoms with van der Waals surface area (Å²) in [4.78, 5) is 47.9. The first-order valence-electron chi connectivity index (χ1n) is 12.0. The third-order valence-electron chi connectivity index (χ3n) is 5.84. The molecule has 1 fully saturated rings. The van der Waals surface area contributed by atoms with E-state index in [0.717, 1.165) is 11.1 Å². The molecule has 202 valence electrons. The lowest BCUT2D eigenvalue weighted by Crippen LogP contribution is -2.61. The van der Waals surface area contributed by atoms with E-state index in [1.807, 2.05) is 48.5 Å². The van der Waals surface area contributed by atoms with Gasteiger partial charge in [-0.15, -0.1) is 11.8 Å². The summed E-state index contributed by atoms with van der Waals surface area (Å²) in [7, 11) is 0. The molecule has 38 heavy (non-hydrogen) atoms. The van der Waals surface area contributed by atoms with Gasteiger partial charge in [-0.1, -0.05) is 36.4 Å². The Morgan fingerprint density at radius 3 is 1.74 bits per heavy atom. The minimum Gasteiger partial charge on any atom is -0.463 e. The molecule has 2 aliphatic rings. The minimum atomic E-state index is -1.22. The van der Waals surface area contributed by atoms with Crippen molar-refractivity contribution < 1.29 is 47.6 Å². The highest BCUT2D eigenvalue weighted by molar-refractivity contribution is 8.00. The minimum absolute atomic E-state index is 0.282. The molecular weight excluding hydrogens is 516 g/mol. The summed E-state index contributed by atoms with van der Waals surface area (Å²) < 4.78 is 34.2. The van der Waals surface area contributed by atoms with Crippen molar-refractivity contribution in [2.45, 2.75) is 62.8 Å². The molecule has 2 heterocycles. The number of hydrogen-bond donors (Lipinski definition) is 0. The van der Waals surface area contributed by atoms with Crippen LogP contribution in [-0.4, -0.2) is 60.3 Å². The fourth-order valence-electron chi connectivity index (χ4n) is 4.45. The van der Waals surface area contributed by atoms with Crippen LogP contribution in [0.1, 0.15) is 44.1 Å². The highest BCUT2D eigenvalue weighted by Gasteiger charge is 2.53. The second-order valence-corrected chi connectivity index (χ2v) is 9.97. The van der Waals surface area contributed by atoms with Crippen molar-refractivity contribution in [1.29, 1.82) is 0 Å². The predicted molar refractivity (Wildman–Crippen MR) is 134 cm³/mol. The number of para-hydroxylation sites is 2. The van der Waals surface area contributed by atoms with E-state index in [0.29, 0.717) is 11.5 Å². The van der Waals surface area contributed by atoms with E-state index in [1.165, 1.54) is 39.5 Å². The quantitative estimate of drug-likeness (QED) is 0.374. The maximum absolute atomic E-state index is 12.2. The Balaban J connectivity index is 1.76. The van der Waals surface area contributed by atoms with Crippen molar-refractivity contribution in [3.05, 3.63) is 59.7 Å². The summed E-state index contributed by atoms with van der Waals surface area (Å²) in [5.41, 5.74) is 0.813. The number of hydrogen-bond acceptors (Lipinski definition) is 11. The summed E-state index contributed by atoms with van der Waals surface area (Å²) in [6.45, 7) is 4.55. The van der Waals surface area contributed by atoms with Crippen LogP contribution in [0.4, 0.5) is 0 Å². The molecule has 0 aromatic heterocycles. The van der Waals surface area contributed by atoms with Gasteiger partial charge in [0.25, 0.3) is 0 Å². The molecule has 0 radical (unpaired) electrons. The van der Waals surface area contributed by atoms with Crippen LogP contribution in [0.2, 0.25) is 0 Å². The number of carbonyl (C=O) groups is 4. The zero-order chi connectivity index (χ0) is 27.4. The van der Waals surface area contributed by atoms with E-state index in [-0.39, 0.29) is 11.9 Å². The Hall–Kier alpha value is -3.57. The van der Waals surface area contributed by atoms with Crippen LogP contribution < -0.4 is 4.74 Å². The smallest absolute Gasteiger partial charge is 0.303 e. The van der Waals surface area contributed by atoms with Gasteiger partial charge >= 0.3 is 23.9 Å². The second-order valence-electron chi connectivity index (χ2n) is 8.76. The van der Waals surface area contributed by atoms with E-state index in [4.69, 9.17) is 28.4 Å². The Morgan fingerprint density at radius 2 is 1.21 bits per heavy atom. The molecule has 0 N–H and O–H groups in total. The van der Waals surface area contributed by atoms with Gasteiger partial charge in [-0.3, -0.25) is 19.2 Å². The second kappa shape index (κ2) is 11.9. The van der Waals surface area contributed by atoms with Gasteiger partial charge in [0.15, 0.2) is 18.3 Å². The van der Waals surface area contributed by atoms with Crippen LogP contribution in [0.15, 0.2) is 48.5 Å². The van der Waals surface area contributed by atoms with Crippen molar-refractivity contribution in [3.8, 4) is 11.5 Å². The van der Waals surface area contributed by atoms with Gasteiger partial charge in [0.05, 0.1) is 5.25 Å². The average molecular weight is 545 g/mol. The van der Waals surface area contributed by atoms with E-state index >= 15 is 0 Å². The van der Waals surface area contributed by atoms with E-state index in [9.17, 15) is 19.2 Å². The molecule has 2 aliphatic heterocycles. The molecule has 0 bridgehead atoms. The maximum atomic E-state index is 12.2. The Labute approximate surface area is 223 Å². The van der Waals surface area contributed by atoms with Crippen molar-refractivity contribution in [1.82, 2.24) is 0 Å². The van der Waals surface area contributed by atoms with Crippen LogP contribution in [0.5, 0.6) is 11.5 Å². The average Bonchev–Trinajstić information content (AvgIpc) is 2.85. The number of carbonyl (C=O) groups excluding carboxylic acids is 4. The molecule has 4 rings (SSSR count). The number of fused-ring (bicyclic) bond motifs is 2. The zero-order valence-electron chi connectivity index (χ0n) is 21.3. The molecule has 11 heteroatoms. The summed E-state index contributed by atoms with van der Waals surface area (Å²) in [6, 6.07) is 15.1. The van der Waals surface area contributed by atoms with Crippen LogP contribution in [0.25, 0.3) is 0 Å². The molecule has 2 aromatic rings. The molecule has 0 aliphatic carbocycles. The first kappa shape index (κ1) is 27.5. The maximum Gasteiger partial charge on any atom is 0.303 e. The van der Waals surface area contributed by atoms with Gasteiger partial charge in [0.2, 0.25) is 0 Å². The summed E-state index contributed by atoms with van der Waals surface area (Å²) in [6.07, 6.45) is -4.59. The van der Waals surface area contributed by atoms with Crippen LogP contribution in [0, 0.1) is 0 Å². The Morgan fingerprint density at radius 1 is 0.711 bits per heavy atom. The topological polar surface area (TPSA) is 124 Å². The van der Waals surface area contributed by atoms with Crippen LogP contribution >= 0.6 is 11.8 Å². The first-order chi connectivity index (χ1) is 18.1. The molecule has 2 aromatic carbocycles. The van der Waals surface area contributed by atoms with Crippen molar-refractivity contribution in [2.75, 3.05) is 6.61 Å². The molecule has 1 saturated heterocycles. The fourth-order valence-corrected chi connectivity index (χ4v) is 5.97. The van der Waals surface area contributed by atoms with Gasteiger partial charge < -0.3 is 28.4 Å². The van der Waals surface area contributed by atoms with Crippen molar-refractivity contribution >= 4 is 35.6 Å². The lowest BCUT2D eigenvalue weighted by molar-refractivity contribution is -0.237. The Kier molecular flexibility index (Phi) is 8.58. The normalized spacial score (nSPS) is 24.2. The molecule has 0 spiro atoms. The van der Waals surface area contributed by atoms with Crippen molar-refractivity contribution in [3.63, 3.8) is 0 Å². The SMILES string of the molecule is CC(=O)OC[C@H]1O[C@@H](SC2c3ccccc3Oc3ccccc32)[C@H](OC(C)=O)[C@@H](OC(C)=O)[C@@H]1OC(C)=O. The zero-order valence-corrected chi connectivity index (χ0v) is 22.1. The van der Waals surface area contributed by atoms with E-state index < -0.39 is 53.7 Å². The molecule has 0 saturated carbocycles. The number of thioether (sulfide) groups is 1. The van der Waals surface area contributed by atoms with Gasteiger partial charge in [-0.25, -0.2) is 0 Å². The first-order valence-corrected chi connectivity index (χ1v) is 12.9. The monoisotopic (exact) mass is 544 g/mol. The van der Waals surface area contributed by atoms with Crippen LogP contribution in [0.3, 0.4) is 0 Å². The van der Waals surface area contributed by atoms with Gasteiger partial charge in [-0.05, 0) is 12.1 Å². The Bertz CT molecular complexity index is 1170. The van der Waals surface area contributed by atoms with Gasteiger partial charge in [-0.2, -0.15) is 0 Å². The molecular formula is C27H28O10S. The third kappa shape index (κ3) is 6.28. The third-order valence-corrected chi connectivity index (χ3v) is 7.27. The standard InChI is InChI=1S/C27H28O10S/c1-14(28)32-13-22-23(33-15(2)29)24(34-16(3)30)25(35-17(4)31)27(37-22)38-26-18-9-5-7-11-20(18)36-21-12-8-6-10-19(21)26/h5-12,22-27H,13H2,1-4H3/t22-,23-,24+,25-,27+/m1/s1. The highest BCUT2D eigenvalue weighted by Crippen LogP contribution is 2.52. The summed E-state index contributed by atoms with van der Waals surface area (Å²) >= 11 is 1.31. The molecule has 5 atom stereocenters. The lowest BCUT2D eigenvalue weighted by atomic mass is 9.99. The number of ether oxygens (including phenoxy) is 6. The summed E-state index contributed by atoms with van der Waals surface area (Å²) in [5, 5.41) is -0.322. The fraction of sp³-hybridized carbons (Fsp3) is 0.407. The van der Waals surface area contributed by atoms with Crippen molar-refractivity contribution in [2.24, 2.45) is 0 Å². The predicted octanol–water partition coefficient (Wildman–Crippen LogP) is 3.70. The number of benzene rings is 2. The van der Waals surface area contributed by atoms with E-state index in [1.54, 1.807) is 0 Å². The van der Waals surface area contributed by atoms with Gasteiger partial charge in [0, 0.05) is 38.8 Å². The highest BCUT2D eigenvalue weighted by atomic mass is 32.2. The number of esters is 4. The summed E-state index contributed by atoms with van der Waals surface area (Å²) in [5.74, 6) is -1.25. The largest absolute Gasteiger partial charge is 0.463 e. The number of rotatable bonds is 7. The molecule has 10 nitrogen and oxygen atoms in total. The van der Waals surface area contributed by atoms with E-state index in [2.05, 4.69) is 0 Å². The lowest BCUT2D eigenvalue weighted by Gasteiger charge is -2.45.